The summed E-state index contributed by atoms with van der Waals surface area (Å²) in [4.78, 5) is 3.98. The summed E-state index contributed by atoms with van der Waals surface area (Å²) in [7, 11) is 0. The zero-order valence-corrected chi connectivity index (χ0v) is 9.80. The van der Waals surface area contributed by atoms with Crippen molar-refractivity contribution in [2.75, 3.05) is 13.2 Å². The van der Waals surface area contributed by atoms with Gasteiger partial charge in [0.1, 0.15) is 6.07 Å². The molecule has 0 saturated heterocycles. The highest BCUT2D eigenvalue weighted by Crippen LogP contribution is 2.31. The standard InChI is InChI=1S/C13H17N3O/c14-6-10-2-1-3-12(10)9-17-13-8-16-5-4-11(13)7-15/h4-5,8,10,12H,1-3,6,9,14H2. The summed E-state index contributed by atoms with van der Waals surface area (Å²) < 4.78 is 5.70. The molecule has 2 rings (SSSR count). The van der Waals surface area contributed by atoms with Gasteiger partial charge in [-0.15, -0.1) is 0 Å². The number of rotatable bonds is 4. The van der Waals surface area contributed by atoms with Crippen molar-refractivity contribution in [1.82, 2.24) is 4.98 Å². The van der Waals surface area contributed by atoms with Gasteiger partial charge in [0.05, 0.1) is 18.4 Å². The van der Waals surface area contributed by atoms with Crippen molar-refractivity contribution in [3.63, 3.8) is 0 Å². The van der Waals surface area contributed by atoms with Crippen molar-refractivity contribution in [2.24, 2.45) is 17.6 Å². The summed E-state index contributed by atoms with van der Waals surface area (Å²) in [6.45, 7) is 1.37. The topological polar surface area (TPSA) is 71.9 Å². The Morgan fingerprint density at radius 1 is 1.47 bits per heavy atom. The van der Waals surface area contributed by atoms with Gasteiger partial charge in [-0.25, -0.2) is 0 Å². The van der Waals surface area contributed by atoms with Crippen molar-refractivity contribution in [1.29, 1.82) is 5.26 Å². The van der Waals surface area contributed by atoms with Crippen LogP contribution in [-0.4, -0.2) is 18.1 Å². The average molecular weight is 231 g/mol. The Morgan fingerprint density at radius 2 is 2.29 bits per heavy atom. The van der Waals surface area contributed by atoms with Crippen LogP contribution >= 0.6 is 0 Å². The first kappa shape index (κ1) is 11.9. The molecule has 1 saturated carbocycles. The number of ether oxygens (including phenoxy) is 1. The number of pyridine rings is 1. The molecule has 0 radical (unpaired) electrons. The van der Waals surface area contributed by atoms with Crippen molar-refractivity contribution in [3.8, 4) is 11.8 Å². The molecular weight excluding hydrogens is 214 g/mol. The minimum Gasteiger partial charge on any atom is -0.490 e. The molecule has 0 spiro atoms. The molecular formula is C13H17N3O. The molecule has 0 amide bonds. The van der Waals surface area contributed by atoms with Gasteiger partial charge in [0, 0.05) is 6.20 Å². The minimum absolute atomic E-state index is 0.520. The third-order valence-electron chi connectivity index (χ3n) is 3.48. The van der Waals surface area contributed by atoms with Crippen LogP contribution in [-0.2, 0) is 0 Å². The van der Waals surface area contributed by atoms with Crippen molar-refractivity contribution >= 4 is 0 Å². The molecule has 2 unspecified atom stereocenters. The Balaban J connectivity index is 1.96. The van der Waals surface area contributed by atoms with Crippen molar-refractivity contribution < 1.29 is 4.74 Å². The van der Waals surface area contributed by atoms with E-state index in [-0.39, 0.29) is 0 Å². The van der Waals surface area contributed by atoms with Crippen LogP contribution in [0.4, 0.5) is 0 Å². The summed E-state index contributed by atoms with van der Waals surface area (Å²) >= 11 is 0. The molecule has 2 N–H and O–H groups in total. The van der Waals surface area contributed by atoms with E-state index < -0.39 is 0 Å². The fourth-order valence-corrected chi connectivity index (χ4v) is 2.43. The second kappa shape index (κ2) is 5.65. The number of hydrogen-bond acceptors (Lipinski definition) is 4. The molecule has 1 aromatic heterocycles. The predicted molar refractivity (Wildman–Crippen MR) is 64.3 cm³/mol. The van der Waals surface area contributed by atoms with Crippen LogP contribution in [0.25, 0.3) is 0 Å². The first-order valence-corrected chi connectivity index (χ1v) is 6.02. The van der Waals surface area contributed by atoms with Gasteiger partial charge >= 0.3 is 0 Å². The lowest BCUT2D eigenvalue weighted by Crippen LogP contribution is -2.23. The number of nitrogens with two attached hydrogens (primary N) is 1. The van der Waals surface area contributed by atoms with Gasteiger partial charge in [0.2, 0.25) is 0 Å². The monoisotopic (exact) mass is 231 g/mol. The van der Waals surface area contributed by atoms with Crippen LogP contribution in [0.15, 0.2) is 18.5 Å². The minimum atomic E-state index is 0.520. The first-order chi connectivity index (χ1) is 8.35. The molecule has 1 heterocycles. The normalized spacial score (nSPS) is 23.3. The van der Waals surface area contributed by atoms with E-state index in [1.807, 2.05) is 0 Å². The molecule has 17 heavy (non-hydrogen) atoms. The van der Waals surface area contributed by atoms with Crippen LogP contribution in [0.5, 0.6) is 5.75 Å². The van der Waals surface area contributed by atoms with Gasteiger partial charge < -0.3 is 10.5 Å². The smallest absolute Gasteiger partial charge is 0.155 e. The molecule has 4 heteroatoms. The number of nitriles is 1. The predicted octanol–water partition coefficient (Wildman–Crippen LogP) is 1.71. The van der Waals surface area contributed by atoms with E-state index in [9.17, 15) is 0 Å². The average Bonchev–Trinajstić information content (AvgIpc) is 2.84. The molecule has 4 nitrogen and oxygen atoms in total. The Morgan fingerprint density at radius 3 is 3.06 bits per heavy atom. The Kier molecular flexibility index (Phi) is 3.94. The van der Waals surface area contributed by atoms with Crippen LogP contribution in [0.2, 0.25) is 0 Å². The second-order valence-corrected chi connectivity index (χ2v) is 4.48. The van der Waals surface area contributed by atoms with E-state index in [0.717, 1.165) is 6.54 Å². The number of nitrogens with zero attached hydrogens (tertiary/aromatic N) is 2. The summed E-state index contributed by atoms with van der Waals surface area (Å²) in [6.07, 6.45) is 6.80. The highest BCUT2D eigenvalue weighted by atomic mass is 16.5. The molecule has 0 aliphatic heterocycles. The summed E-state index contributed by atoms with van der Waals surface area (Å²) in [6, 6.07) is 3.78. The van der Waals surface area contributed by atoms with Crippen LogP contribution < -0.4 is 10.5 Å². The lowest BCUT2D eigenvalue weighted by Gasteiger charge is -2.18. The maximum absolute atomic E-state index is 8.93. The molecule has 1 aliphatic rings. The number of aromatic nitrogens is 1. The van der Waals surface area contributed by atoms with E-state index in [2.05, 4.69) is 11.1 Å². The van der Waals surface area contributed by atoms with Gasteiger partial charge in [-0.1, -0.05) is 6.42 Å². The highest BCUT2D eigenvalue weighted by molar-refractivity contribution is 5.40. The van der Waals surface area contributed by atoms with Gasteiger partial charge in [-0.2, -0.15) is 5.26 Å². The van der Waals surface area contributed by atoms with Crippen molar-refractivity contribution in [2.45, 2.75) is 19.3 Å². The molecule has 1 fully saturated rings. The zero-order chi connectivity index (χ0) is 12.1. The molecule has 0 bridgehead atoms. The van der Waals surface area contributed by atoms with E-state index in [1.165, 1.54) is 19.3 Å². The van der Waals surface area contributed by atoms with Gasteiger partial charge in [-0.3, -0.25) is 4.98 Å². The molecule has 1 aliphatic carbocycles. The van der Waals surface area contributed by atoms with Gasteiger partial charge in [0.25, 0.3) is 0 Å². The van der Waals surface area contributed by atoms with Gasteiger partial charge in [0.15, 0.2) is 5.75 Å². The van der Waals surface area contributed by atoms with Crippen LogP contribution in [0, 0.1) is 23.2 Å². The maximum atomic E-state index is 8.93. The lowest BCUT2D eigenvalue weighted by atomic mass is 9.97. The van der Waals surface area contributed by atoms with E-state index >= 15 is 0 Å². The molecule has 2 atom stereocenters. The Labute approximate surface area is 101 Å². The summed E-state index contributed by atoms with van der Waals surface area (Å²) in [5.74, 6) is 1.67. The van der Waals surface area contributed by atoms with Crippen LogP contribution in [0.3, 0.4) is 0 Å². The van der Waals surface area contributed by atoms with Crippen LogP contribution in [0.1, 0.15) is 24.8 Å². The highest BCUT2D eigenvalue weighted by Gasteiger charge is 2.26. The Bertz CT molecular complexity index is 413. The third kappa shape index (κ3) is 2.75. The first-order valence-electron chi connectivity index (χ1n) is 6.02. The van der Waals surface area contributed by atoms with E-state index in [4.69, 9.17) is 15.7 Å². The van der Waals surface area contributed by atoms with Crippen molar-refractivity contribution in [3.05, 3.63) is 24.0 Å². The Hall–Kier alpha value is -1.60. The molecule has 90 valence electrons. The fraction of sp³-hybridized carbons (Fsp3) is 0.538. The zero-order valence-electron chi connectivity index (χ0n) is 9.80. The fourth-order valence-electron chi connectivity index (χ4n) is 2.43. The molecule has 0 aromatic carbocycles. The SMILES string of the molecule is N#Cc1ccncc1OCC1CCCC1CN. The summed E-state index contributed by atoms with van der Waals surface area (Å²) in [5.41, 5.74) is 6.27. The quantitative estimate of drug-likeness (QED) is 0.856. The van der Waals surface area contributed by atoms with Gasteiger partial charge in [-0.05, 0) is 37.3 Å². The van der Waals surface area contributed by atoms with E-state index in [0.29, 0.717) is 29.8 Å². The largest absolute Gasteiger partial charge is 0.490 e. The molecule has 1 aromatic rings. The van der Waals surface area contributed by atoms with E-state index in [1.54, 1.807) is 18.5 Å². The summed E-state index contributed by atoms with van der Waals surface area (Å²) in [5, 5.41) is 8.93. The second-order valence-electron chi connectivity index (χ2n) is 4.48. The lowest BCUT2D eigenvalue weighted by molar-refractivity contribution is 0.216. The third-order valence-corrected chi connectivity index (χ3v) is 3.48. The maximum Gasteiger partial charge on any atom is 0.155 e. The number of hydrogen-bond donors (Lipinski definition) is 1.